The Morgan fingerprint density at radius 1 is 0.947 bits per heavy atom. The van der Waals surface area contributed by atoms with Crippen molar-refractivity contribution in [2.45, 2.75) is 57.4 Å². The van der Waals surface area contributed by atoms with Gasteiger partial charge in [0.05, 0.1) is 41.9 Å². The number of imidazole rings is 1. The number of nitrogens with zero attached hydrogens (tertiary/aromatic N) is 5. The predicted molar refractivity (Wildman–Crippen MR) is 146 cm³/mol. The third-order valence-corrected chi connectivity index (χ3v) is 7.73. The van der Waals surface area contributed by atoms with Gasteiger partial charge in [-0.25, -0.2) is 9.97 Å². The Balaban J connectivity index is 1.07. The molecule has 0 spiro atoms. The van der Waals surface area contributed by atoms with Crippen molar-refractivity contribution in [1.82, 2.24) is 19.4 Å². The van der Waals surface area contributed by atoms with Gasteiger partial charge in [-0.3, -0.25) is 4.90 Å². The number of piperidine rings is 1. The van der Waals surface area contributed by atoms with Gasteiger partial charge in [-0.2, -0.15) is 5.26 Å². The lowest BCUT2D eigenvalue weighted by atomic mass is 9.93. The molecule has 4 heterocycles. The van der Waals surface area contributed by atoms with E-state index in [2.05, 4.69) is 45.9 Å². The number of hydrogen-bond donors (Lipinski definition) is 0. The summed E-state index contributed by atoms with van der Waals surface area (Å²) in [5.41, 5.74) is 5.05. The third-order valence-electron chi connectivity index (χ3n) is 7.73. The average molecular weight is 508 g/mol. The van der Waals surface area contributed by atoms with Crippen LogP contribution >= 0.6 is 0 Å². The van der Waals surface area contributed by atoms with Gasteiger partial charge in [-0.05, 0) is 74.7 Å². The second kappa shape index (κ2) is 11.3. The molecule has 0 bridgehead atoms. The van der Waals surface area contributed by atoms with Crippen molar-refractivity contribution >= 4 is 11.0 Å². The molecule has 7 nitrogen and oxygen atoms in total. The van der Waals surface area contributed by atoms with Gasteiger partial charge in [0.25, 0.3) is 0 Å². The molecule has 194 valence electrons. The van der Waals surface area contributed by atoms with Crippen LogP contribution in [0.4, 0.5) is 0 Å². The van der Waals surface area contributed by atoms with Crippen LogP contribution in [-0.4, -0.2) is 45.2 Å². The van der Waals surface area contributed by atoms with Gasteiger partial charge in [-0.1, -0.05) is 30.3 Å². The number of hydrogen-bond acceptors (Lipinski definition) is 6. The van der Waals surface area contributed by atoms with Crippen LogP contribution in [0.3, 0.4) is 0 Å². The first-order valence-corrected chi connectivity index (χ1v) is 13.6. The molecule has 2 aromatic heterocycles. The smallest absolute Gasteiger partial charge is 0.213 e. The number of rotatable bonds is 8. The Bertz CT molecular complexity index is 1410. The highest BCUT2D eigenvalue weighted by molar-refractivity contribution is 5.75. The van der Waals surface area contributed by atoms with Crippen molar-refractivity contribution in [2.75, 3.05) is 19.7 Å². The highest BCUT2D eigenvalue weighted by atomic mass is 16.5. The minimum atomic E-state index is 0.287. The standard InChI is InChI=1S/C31H33N5O2/c32-19-23-10-12-24(13-11-23)22-38-31-9-3-7-27(34-31)25-14-16-35(17-15-25)21-30-33-28-6-1-2-8-29(28)36(30)20-26-5-4-18-37-26/h1-3,6-13,25-26H,4-5,14-18,20-22H2/t26-/m1/s1. The number of para-hydroxylation sites is 2. The molecule has 0 aliphatic carbocycles. The third kappa shape index (κ3) is 5.57. The number of benzene rings is 2. The fourth-order valence-electron chi connectivity index (χ4n) is 5.60. The Morgan fingerprint density at radius 2 is 1.79 bits per heavy atom. The molecule has 0 saturated carbocycles. The summed E-state index contributed by atoms with van der Waals surface area (Å²) in [5.74, 6) is 2.21. The summed E-state index contributed by atoms with van der Waals surface area (Å²) >= 11 is 0. The summed E-state index contributed by atoms with van der Waals surface area (Å²) in [5, 5.41) is 8.97. The second-order valence-electron chi connectivity index (χ2n) is 10.3. The molecule has 0 unspecified atom stereocenters. The van der Waals surface area contributed by atoms with Crippen LogP contribution in [0.5, 0.6) is 5.88 Å². The van der Waals surface area contributed by atoms with Crippen LogP contribution in [0.15, 0.2) is 66.7 Å². The van der Waals surface area contributed by atoms with Gasteiger partial charge in [0.1, 0.15) is 12.4 Å². The first kappa shape index (κ1) is 24.6. The van der Waals surface area contributed by atoms with Gasteiger partial charge in [0.15, 0.2) is 0 Å². The first-order valence-electron chi connectivity index (χ1n) is 13.6. The number of ether oxygens (including phenoxy) is 2. The van der Waals surface area contributed by atoms with E-state index in [-0.39, 0.29) is 6.10 Å². The zero-order chi connectivity index (χ0) is 25.7. The Hall–Kier alpha value is -3.73. The van der Waals surface area contributed by atoms with Crippen molar-refractivity contribution < 1.29 is 9.47 Å². The molecule has 2 saturated heterocycles. The average Bonchev–Trinajstić information content (AvgIpc) is 3.61. The largest absolute Gasteiger partial charge is 0.473 e. The van der Waals surface area contributed by atoms with Crippen LogP contribution in [0, 0.1) is 11.3 Å². The van der Waals surface area contributed by atoms with Gasteiger partial charge in [0.2, 0.25) is 5.88 Å². The topological polar surface area (TPSA) is 76.2 Å². The molecule has 7 heteroatoms. The normalized spacial score (nSPS) is 18.6. The minimum absolute atomic E-state index is 0.287. The van der Waals surface area contributed by atoms with Crippen LogP contribution in [-0.2, 0) is 24.4 Å². The molecular formula is C31H33N5O2. The maximum atomic E-state index is 8.97. The van der Waals surface area contributed by atoms with Crippen molar-refractivity contribution in [3.8, 4) is 11.9 Å². The molecule has 2 aromatic carbocycles. The molecule has 2 fully saturated rings. The number of pyridine rings is 1. The van der Waals surface area contributed by atoms with E-state index >= 15 is 0 Å². The lowest BCUT2D eigenvalue weighted by molar-refractivity contribution is 0.0960. The Morgan fingerprint density at radius 3 is 2.58 bits per heavy atom. The molecule has 0 N–H and O–H groups in total. The second-order valence-corrected chi connectivity index (χ2v) is 10.3. The number of likely N-dealkylation sites (tertiary alicyclic amines) is 1. The van der Waals surface area contributed by atoms with E-state index in [0.717, 1.165) is 81.1 Å². The lowest BCUT2D eigenvalue weighted by Crippen LogP contribution is -2.34. The highest BCUT2D eigenvalue weighted by Gasteiger charge is 2.25. The maximum Gasteiger partial charge on any atom is 0.213 e. The number of aromatic nitrogens is 3. The first-order chi connectivity index (χ1) is 18.7. The summed E-state index contributed by atoms with van der Waals surface area (Å²) in [4.78, 5) is 12.4. The molecule has 6 rings (SSSR count). The summed E-state index contributed by atoms with van der Waals surface area (Å²) in [6.45, 7) is 5.09. The Labute approximate surface area is 223 Å². The van der Waals surface area contributed by atoms with E-state index in [9.17, 15) is 0 Å². The van der Waals surface area contributed by atoms with E-state index < -0.39 is 0 Å². The van der Waals surface area contributed by atoms with E-state index in [1.807, 2.05) is 36.4 Å². The minimum Gasteiger partial charge on any atom is -0.473 e. The molecule has 0 radical (unpaired) electrons. The van der Waals surface area contributed by atoms with Crippen LogP contribution in [0.1, 0.15) is 54.2 Å². The van der Waals surface area contributed by atoms with Crippen LogP contribution in [0.25, 0.3) is 11.0 Å². The maximum absolute atomic E-state index is 8.97. The van der Waals surface area contributed by atoms with Crippen molar-refractivity contribution in [1.29, 1.82) is 5.26 Å². The number of fused-ring (bicyclic) bond motifs is 1. The van der Waals surface area contributed by atoms with Crippen molar-refractivity contribution in [3.63, 3.8) is 0 Å². The van der Waals surface area contributed by atoms with Gasteiger partial charge < -0.3 is 14.0 Å². The van der Waals surface area contributed by atoms with Crippen molar-refractivity contribution in [2.24, 2.45) is 0 Å². The van der Waals surface area contributed by atoms with Crippen molar-refractivity contribution in [3.05, 3.63) is 89.4 Å². The quantitative estimate of drug-likeness (QED) is 0.316. The number of nitriles is 1. The molecule has 1 atom stereocenters. The zero-order valence-electron chi connectivity index (χ0n) is 21.6. The summed E-state index contributed by atoms with van der Waals surface area (Å²) < 4.78 is 14.3. The summed E-state index contributed by atoms with van der Waals surface area (Å²) in [6, 6.07) is 24.1. The fraction of sp³-hybridized carbons (Fsp3) is 0.387. The molecule has 0 amide bonds. The predicted octanol–water partition coefficient (Wildman–Crippen LogP) is 5.44. The monoisotopic (exact) mass is 507 g/mol. The molecule has 4 aromatic rings. The molecule has 2 aliphatic heterocycles. The van der Waals surface area contributed by atoms with E-state index in [4.69, 9.17) is 24.7 Å². The lowest BCUT2D eigenvalue weighted by Gasteiger charge is -2.31. The highest BCUT2D eigenvalue weighted by Crippen LogP contribution is 2.29. The van der Waals surface area contributed by atoms with Gasteiger partial charge >= 0.3 is 0 Å². The van der Waals surface area contributed by atoms with E-state index in [1.165, 1.54) is 5.52 Å². The molecule has 2 aliphatic rings. The SMILES string of the molecule is N#Cc1ccc(COc2cccc(C3CCN(Cc4nc5ccccc5n4C[C@H]4CCCO4)CC3)n2)cc1. The Kier molecular flexibility index (Phi) is 7.34. The molecular weight excluding hydrogens is 474 g/mol. The van der Waals surface area contributed by atoms with Crippen LogP contribution in [0.2, 0.25) is 0 Å². The summed E-state index contributed by atoms with van der Waals surface area (Å²) in [6.07, 6.45) is 4.70. The van der Waals surface area contributed by atoms with Crippen LogP contribution < -0.4 is 4.74 Å². The summed E-state index contributed by atoms with van der Waals surface area (Å²) in [7, 11) is 0. The van der Waals surface area contributed by atoms with Gasteiger partial charge in [0, 0.05) is 24.3 Å². The van der Waals surface area contributed by atoms with Gasteiger partial charge in [-0.15, -0.1) is 0 Å². The van der Waals surface area contributed by atoms with E-state index in [0.29, 0.717) is 24.0 Å². The zero-order valence-corrected chi connectivity index (χ0v) is 21.6. The molecule has 38 heavy (non-hydrogen) atoms. The van der Waals surface area contributed by atoms with E-state index in [1.54, 1.807) is 0 Å². The fourth-order valence-corrected chi connectivity index (χ4v) is 5.60.